The van der Waals surface area contributed by atoms with Crippen molar-refractivity contribution in [2.24, 2.45) is 5.16 Å². The lowest BCUT2D eigenvalue weighted by atomic mass is 10.1. The highest BCUT2D eigenvalue weighted by molar-refractivity contribution is 7.98. The summed E-state index contributed by atoms with van der Waals surface area (Å²) in [5.74, 6) is 0.232. The van der Waals surface area contributed by atoms with Crippen LogP contribution in [0.4, 0.5) is 0 Å². The zero-order valence-corrected chi connectivity index (χ0v) is 18.4. The molecule has 0 aliphatic heterocycles. The molecule has 0 aliphatic carbocycles. The minimum absolute atomic E-state index is 0.464. The summed E-state index contributed by atoms with van der Waals surface area (Å²) >= 11 is 7.57. The first-order chi connectivity index (χ1) is 15.1. The zero-order chi connectivity index (χ0) is 21.6. The van der Waals surface area contributed by atoms with Crippen LogP contribution in [0.3, 0.4) is 0 Å². The Hall–Kier alpha value is -3.15. The lowest BCUT2D eigenvalue weighted by Crippen LogP contribution is -2.01. The molecule has 1 heterocycles. The highest BCUT2D eigenvalue weighted by Gasteiger charge is 2.09. The van der Waals surface area contributed by atoms with Crippen LogP contribution in [0.2, 0.25) is 5.02 Å². The predicted octanol–water partition coefficient (Wildman–Crippen LogP) is 6.68. The van der Waals surface area contributed by atoms with Crippen molar-refractivity contribution < 1.29 is 9.63 Å². The van der Waals surface area contributed by atoms with Crippen molar-refractivity contribution in [2.45, 2.75) is 17.7 Å². The molecule has 0 saturated heterocycles. The van der Waals surface area contributed by atoms with E-state index in [0.717, 1.165) is 38.4 Å². The largest absolute Gasteiger partial charge is 0.365 e. The van der Waals surface area contributed by atoms with Crippen LogP contribution in [0.25, 0.3) is 10.9 Å². The number of halogens is 1. The highest BCUT2D eigenvalue weighted by Crippen LogP contribution is 2.27. The average molecular weight is 447 g/mol. The molecule has 31 heavy (non-hydrogen) atoms. The van der Waals surface area contributed by atoms with Gasteiger partial charge in [0.15, 0.2) is 0 Å². The first-order valence-electron chi connectivity index (χ1n) is 9.67. The van der Waals surface area contributed by atoms with Crippen molar-refractivity contribution in [2.75, 3.05) is 0 Å². The highest BCUT2D eigenvalue weighted by atomic mass is 35.5. The van der Waals surface area contributed by atoms with Crippen molar-refractivity contribution in [3.63, 3.8) is 0 Å². The summed E-state index contributed by atoms with van der Waals surface area (Å²) in [4.78, 5) is 22.1. The number of hydrogen-bond acceptors (Lipinski definition) is 5. The van der Waals surface area contributed by atoms with Crippen molar-refractivity contribution in [1.29, 1.82) is 0 Å². The van der Waals surface area contributed by atoms with E-state index < -0.39 is 5.97 Å². The number of aromatic nitrogens is 1. The van der Waals surface area contributed by atoms with Gasteiger partial charge in [0.2, 0.25) is 0 Å². The number of carbonyl (C=O) groups excluding carboxylic acids is 1. The van der Waals surface area contributed by atoms with Gasteiger partial charge in [-0.15, -0.1) is 11.8 Å². The number of oxime groups is 1. The number of fused-ring (bicyclic) bond motifs is 1. The predicted molar refractivity (Wildman–Crippen MR) is 127 cm³/mol. The SMILES string of the molecule is Cc1cccc(C(=O)ON=Cc2cc3ccccc3nc2SCc2ccc(Cl)cc2)c1. The van der Waals surface area contributed by atoms with Crippen LogP contribution in [0.1, 0.15) is 27.0 Å². The fourth-order valence-corrected chi connectivity index (χ4v) is 4.07. The van der Waals surface area contributed by atoms with Gasteiger partial charge < -0.3 is 4.84 Å². The number of para-hydroxylation sites is 1. The lowest BCUT2D eigenvalue weighted by Gasteiger charge is -2.08. The second kappa shape index (κ2) is 9.77. The van der Waals surface area contributed by atoms with Crippen LogP contribution < -0.4 is 0 Å². The average Bonchev–Trinajstić information content (AvgIpc) is 2.78. The van der Waals surface area contributed by atoms with E-state index in [9.17, 15) is 4.79 Å². The van der Waals surface area contributed by atoms with Crippen molar-refractivity contribution in [3.8, 4) is 0 Å². The van der Waals surface area contributed by atoms with Crippen LogP contribution in [-0.2, 0) is 10.6 Å². The topological polar surface area (TPSA) is 51.5 Å². The van der Waals surface area contributed by atoms with Crippen LogP contribution in [0.15, 0.2) is 89.0 Å². The number of benzene rings is 3. The van der Waals surface area contributed by atoms with Gasteiger partial charge >= 0.3 is 5.97 Å². The molecule has 4 nitrogen and oxygen atoms in total. The molecule has 1 aromatic heterocycles. The summed E-state index contributed by atoms with van der Waals surface area (Å²) in [5, 5.41) is 6.45. The first kappa shape index (κ1) is 21.1. The molecule has 0 bridgehead atoms. The Morgan fingerprint density at radius 1 is 1.06 bits per heavy atom. The lowest BCUT2D eigenvalue weighted by molar-refractivity contribution is 0.0519. The Bertz CT molecular complexity index is 1260. The van der Waals surface area contributed by atoms with E-state index in [1.165, 1.54) is 6.21 Å². The van der Waals surface area contributed by atoms with Gasteiger partial charge in [-0.05, 0) is 48.9 Å². The Labute approximate surface area is 189 Å². The Morgan fingerprint density at radius 3 is 2.68 bits per heavy atom. The number of rotatable bonds is 6. The number of pyridine rings is 1. The summed E-state index contributed by atoms with van der Waals surface area (Å²) in [6.45, 7) is 1.92. The zero-order valence-electron chi connectivity index (χ0n) is 16.8. The van der Waals surface area contributed by atoms with E-state index >= 15 is 0 Å². The normalized spacial score (nSPS) is 11.2. The Kier molecular flexibility index (Phi) is 6.65. The van der Waals surface area contributed by atoms with Gasteiger partial charge in [0.25, 0.3) is 0 Å². The molecule has 6 heteroatoms. The maximum atomic E-state index is 12.3. The third kappa shape index (κ3) is 5.51. The smallest absolute Gasteiger partial charge is 0.313 e. The molecule has 4 aromatic rings. The molecule has 0 fully saturated rings. The van der Waals surface area contributed by atoms with E-state index in [-0.39, 0.29) is 0 Å². The molecular formula is C25H19ClN2O2S. The molecule has 0 radical (unpaired) electrons. The minimum Gasteiger partial charge on any atom is -0.313 e. The molecule has 0 spiro atoms. The maximum Gasteiger partial charge on any atom is 0.365 e. The van der Waals surface area contributed by atoms with Gasteiger partial charge in [-0.2, -0.15) is 0 Å². The van der Waals surface area contributed by atoms with Crippen LogP contribution in [0, 0.1) is 6.92 Å². The summed E-state index contributed by atoms with van der Waals surface area (Å²) in [5.41, 5.74) is 4.27. The van der Waals surface area contributed by atoms with Crippen molar-refractivity contribution >= 4 is 46.4 Å². The van der Waals surface area contributed by atoms with E-state index in [4.69, 9.17) is 21.4 Å². The molecule has 0 saturated carbocycles. The summed E-state index contributed by atoms with van der Waals surface area (Å²) < 4.78 is 0. The van der Waals surface area contributed by atoms with Gasteiger partial charge in [-0.25, -0.2) is 9.78 Å². The molecule has 154 valence electrons. The fraction of sp³-hybridized carbons (Fsp3) is 0.0800. The van der Waals surface area contributed by atoms with E-state index in [0.29, 0.717) is 10.6 Å². The number of aryl methyl sites for hydroxylation is 1. The quantitative estimate of drug-likeness (QED) is 0.143. The Morgan fingerprint density at radius 2 is 1.87 bits per heavy atom. The van der Waals surface area contributed by atoms with Crippen molar-refractivity contribution in [3.05, 3.63) is 106 Å². The van der Waals surface area contributed by atoms with Gasteiger partial charge in [-0.1, -0.05) is 64.8 Å². The number of thioether (sulfide) groups is 1. The monoisotopic (exact) mass is 446 g/mol. The Balaban J connectivity index is 1.55. The molecule has 3 aromatic carbocycles. The maximum absolute atomic E-state index is 12.3. The second-order valence-electron chi connectivity index (χ2n) is 6.97. The third-order valence-electron chi connectivity index (χ3n) is 4.59. The molecule has 0 unspecified atom stereocenters. The summed E-state index contributed by atoms with van der Waals surface area (Å²) in [6, 6.07) is 24.8. The molecule has 0 N–H and O–H groups in total. The number of carbonyl (C=O) groups is 1. The number of nitrogens with zero attached hydrogens (tertiary/aromatic N) is 2. The molecule has 0 amide bonds. The summed E-state index contributed by atoms with van der Waals surface area (Å²) in [6.07, 6.45) is 1.54. The summed E-state index contributed by atoms with van der Waals surface area (Å²) in [7, 11) is 0. The van der Waals surface area contributed by atoms with E-state index in [1.54, 1.807) is 23.9 Å². The van der Waals surface area contributed by atoms with Gasteiger partial charge in [0.1, 0.15) is 5.03 Å². The third-order valence-corrected chi connectivity index (χ3v) is 5.92. The molecule has 4 rings (SSSR count). The minimum atomic E-state index is -0.496. The second-order valence-corrected chi connectivity index (χ2v) is 8.37. The van der Waals surface area contributed by atoms with Crippen LogP contribution in [0.5, 0.6) is 0 Å². The standard InChI is InChI=1S/C25H19ClN2O2S/c1-17-5-4-7-20(13-17)25(29)30-27-15-21-14-19-6-2-3-8-23(19)28-24(21)31-16-18-9-11-22(26)12-10-18/h2-15H,16H2,1H3. The first-order valence-corrected chi connectivity index (χ1v) is 11.0. The van der Waals surface area contributed by atoms with Crippen LogP contribution >= 0.6 is 23.4 Å². The van der Waals surface area contributed by atoms with E-state index in [1.807, 2.05) is 73.7 Å². The molecular weight excluding hydrogens is 428 g/mol. The fourth-order valence-electron chi connectivity index (χ4n) is 3.01. The van der Waals surface area contributed by atoms with Gasteiger partial charge in [0, 0.05) is 21.7 Å². The molecule has 0 aliphatic rings. The van der Waals surface area contributed by atoms with Gasteiger partial charge in [-0.3, -0.25) is 0 Å². The van der Waals surface area contributed by atoms with Crippen LogP contribution in [-0.4, -0.2) is 17.2 Å². The van der Waals surface area contributed by atoms with Gasteiger partial charge in [0.05, 0.1) is 17.3 Å². The van der Waals surface area contributed by atoms with Crippen molar-refractivity contribution in [1.82, 2.24) is 4.98 Å². The molecule has 0 atom stereocenters. The van der Waals surface area contributed by atoms with E-state index in [2.05, 4.69) is 5.16 Å². The number of hydrogen-bond donors (Lipinski definition) is 0.